The molecule has 0 aromatic rings. The van der Waals surface area contributed by atoms with Crippen LogP contribution in [0.15, 0.2) is 12.3 Å². The van der Waals surface area contributed by atoms with Gasteiger partial charge in [-0.05, 0) is 25.3 Å². The molecule has 0 amide bonds. The molecule has 340 valence electrons. The third-order valence-corrected chi connectivity index (χ3v) is 12.0. The largest absolute Gasteiger partial charge is 0.498 e. The van der Waals surface area contributed by atoms with Crippen molar-refractivity contribution in [3.8, 4) is 0 Å². The fraction of sp³-hybridized carbons (Fsp3) is 0.938. The molecule has 0 aliphatic rings. The second-order valence-electron chi connectivity index (χ2n) is 16.8. The van der Waals surface area contributed by atoms with Crippen molar-refractivity contribution < 1.29 is 32.8 Å². The number of hydrogen-bond acceptors (Lipinski definition) is 7. The van der Waals surface area contributed by atoms with Crippen LogP contribution in [0.3, 0.4) is 0 Å². The minimum absolute atomic E-state index is 0.0390. The van der Waals surface area contributed by atoms with E-state index in [1.165, 1.54) is 205 Å². The lowest BCUT2D eigenvalue weighted by Crippen LogP contribution is -2.27. The van der Waals surface area contributed by atoms with Crippen LogP contribution < -0.4 is 5.73 Å². The van der Waals surface area contributed by atoms with Gasteiger partial charge in [0.05, 0.1) is 19.5 Å². The molecule has 0 bridgehead atoms. The summed E-state index contributed by atoms with van der Waals surface area (Å²) in [5.41, 5.74) is 5.38. The van der Waals surface area contributed by atoms with Gasteiger partial charge in [-0.15, -0.1) is 0 Å². The van der Waals surface area contributed by atoms with Crippen LogP contribution in [-0.2, 0) is 27.9 Å². The van der Waals surface area contributed by atoms with Crippen LogP contribution in [0.1, 0.15) is 258 Å². The second kappa shape index (κ2) is 46.2. The summed E-state index contributed by atoms with van der Waals surface area (Å²) < 4.78 is 33.3. The molecule has 0 fully saturated rings. The zero-order valence-electron chi connectivity index (χ0n) is 37.9. The Hall–Kier alpha value is -0.920. The summed E-state index contributed by atoms with van der Waals surface area (Å²) in [4.78, 5) is 22.5. The fourth-order valence-corrected chi connectivity index (χ4v) is 8.14. The van der Waals surface area contributed by atoms with Gasteiger partial charge in [-0.3, -0.25) is 13.8 Å². The molecule has 0 aromatic carbocycles. The van der Waals surface area contributed by atoms with Crippen LogP contribution in [0.4, 0.5) is 0 Å². The lowest BCUT2D eigenvalue weighted by Gasteiger charge is -2.19. The van der Waals surface area contributed by atoms with Crippen LogP contribution in [0, 0.1) is 0 Å². The molecule has 0 spiro atoms. The van der Waals surface area contributed by atoms with E-state index in [0.717, 1.165) is 32.1 Å². The van der Waals surface area contributed by atoms with Crippen molar-refractivity contribution in [3.63, 3.8) is 0 Å². The standard InChI is InChI=1S/C48H96NO7P/c1-3-5-7-9-11-13-15-17-19-21-23-24-25-27-29-31-33-35-37-39-41-48(50)56-47(46-55-57(51,52)54-44-42-49)45-53-43-40-38-36-34-32-30-28-26-22-20-18-16-14-12-10-8-6-4-2/h40,43,47H,3-39,41-42,44-46,49H2,1-2H3,(H,51,52)/b43-40+/t47-/m1/s1. The summed E-state index contributed by atoms with van der Waals surface area (Å²) >= 11 is 0. The SMILES string of the molecule is CCCCCCCCCCCCCCCCCC/C=C/OC[C@H](COP(=O)(O)OCCN)OC(=O)CCCCCCCCCCCCCCCCCCCCCC. The second-order valence-corrected chi connectivity index (χ2v) is 18.2. The lowest BCUT2D eigenvalue weighted by molar-refractivity contribution is -0.153. The van der Waals surface area contributed by atoms with Crippen molar-refractivity contribution in [2.75, 3.05) is 26.4 Å². The smallest absolute Gasteiger partial charge is 0.472 e. The van der Waals surface area contributed by atoms with Gasteiger partial charge in [-0.25, -0.2) is 4.57 Å². The maximum absolute atomic E-state index is 12.6. The Morgan fingerprint density at radius 2 is 0.877 bits per heavy atom. The zero-order chi connectivity index (χ0) is 41.6. The van der Waals surface area contributed by atoms with E-state index in [2.05, 4.69) is 13.8 Å². The van der Waals surface area contributed by atoms with E-state index in [0.29, 0.717) is 6.42 Å². The Bertz CT molecular complexity index is 889. The van der Waals surface area contributed by atoms with E-state index in [-0.39, 0.29) is 32.3 Å². The van der Waals surface area contributed by atoms with E-state index in [9.17, 15) is 14.3 Å². The van der Waals surface area contributed by atoms with Crippen molar-refractivity contribution in [1.82, 2.24) is 0 Å². The summed E-state index contributed by atoms with van der Waals surface area (Å²) in [5.74, 6) is -0.345. The van der Waals surface area contributed by atoms with Crippen molar-refractivity contribution >= 4 is 13.8 Å². The maximum atomic E-state index is 12.6. The summed E-state index contributed by atoms with van der Waals surface area (Å²) in [6.45, 7) is 4.30. The third-order valence-electron chi connectivity index (χ3n) is 11.0. The van der Waals surface area contributed by atoms with Crippen molar-refractivity contribution in [3.05, 3.63) is 12.3 Å². The first-order chi connectivity index (χ1) is 27.9. The molecule has 0 saturated carbocycles. The highest BCUT2D eigenvalue weighted by Crippen LogP contribution is 2.43. The maximum Gasteiger partial charge on any atom is 0.472 e. The summed E-state index contributed by atoms with van der Waals surface area (Å²) in [6, 6.07) is 0. The monoisotopic (exact) mass is 830 g/mol. The summed E-state index contributed by atoms with van der Waals surface area (Å²) in [6.07, 6.45) is 51.9. The molecule has 0 heterocycles. The van der Waals surface area contributed by atoms with E-state index in [1.807, 2.05) is 6.08 Å². The Balaban J connectivity index is 3.95. The molecule has 0 aromatic heterocycles. The predicted octanol–water partition coefficient (Wildman–Crippen LogP) is 15.4. The van der Waals surface area contributed by atoms with E-state index >= 15 is 0 Å². The topological polar surface area (TPSA) is 117 Å². The summed E-state index contributed by atoms with van der Waals surface area (Å²) in [7, 11) is -4.29. The number of nitrogens with two attached hydrogens (primary N) is 1. The molecule has 57 heavy (non-hydrogen) atoms. The van der Waals surface area contributed by atoms with Crippen LogP contribution in [0.25, 0.3) is 0 Å². The van der Waals surface area contributed by atoms with Crippen molar-refractivity contribution in [2.45, 2.75) is 264 Å². The Kier molecular flexibility index (Phi) is 45.4. The van der Waals surface area contributed by atoms with E-state index in [1.54, 1.807) is 6.26 Å². The number of phosphoric ester groups is 1. The van der Waals surface area contributed by atoms with E-state index in [4.69, 9.17) is 24.3 Å². The minimum Gasteiger partial charge on any atom is -0.498 e. The molecule has 0 saturated heterocycles. The van der Waals surface area contributed by atoms with Gasteiger partial charge in [0.25, 0.3) is 0 Å². The average Bonchev–Trinajstić information content (AvgIpc) is 3.20. The van der Waals surface area contributed by atoms with Crippen molar-refractivity contribution in [1.29, 1.82) is 0 Å². The van der Waals surface area contributed by atoms with Gasteiger partial charge < -0.3 is 20.1 Å². The van der Waals surface area contributed by atoms with Crippen LogP contribution >= 0.6 is 7.82 Å². The minimum atomic E-state index is -4.29. The first kappa shape index (κ1) is 56.1. The number of rotatable bonds is 48. The number of phosphoric acid groups is 1. The highest BCUT2D eigenvalue weighted by molar-refractivity contribution is 7.47. The number of unbranched alkanes of at least 4 members (excludes halogenated alkanes) is 35. The Labute approximate surface area is 354 Å². The molecular weight excluding hydrogens is 734 g/mol. The van der Waals surface area contributed by atoms with Gasteiger partial charge in [0.15, 0.2) is 6.10 Å². The number of hydrogen-bond donors (Lipinski definition) is 2. The first-order valence-electron chi connectivity index (χ1n) is 24.7. The fourth-order valence-electron chi connectivity index (χ4n) is 7.38. The predicted molar refractivity (Wildman–Crippen MR) is 243 cm³/mol. The first-order valence-corrected chi connectivity index (χ1v) is 26.2. The molecule has 9 heteroatoms. The van der Waals surface area contributed by atoms with Gasteiger partial charge in [-0.2, -0.15) is 0 Å². The molecule has 0 aliphatic heterocycles. The molecule has 0 radical (unpaired) electrons. The molecular formula is C48H96NO7P. The number of esters is 1. The van der Waals surface area contributed by atoms with Crippen molar-refractivity contribution in [2.24, 2.45) is 5.73 Å². The molecule has 1 unspecified atom stereocenters. The normalized spacial score (nSPS) is 13.3. The Morgan fingerprint density at radius 3 is 1.25 bits per heavy atom. The number of allylic oxidation sites excluding steroid dienone is 1. The zero-order valence-corrected chi connectivity index (χ0v) is 38.7. The quantitative estimate of drug-likeness (QED) is 0.0269. The average molecular weight is 830 g/mol. The molecule has 8 nitrogen and oxygen atoms in total. The lowest BCUT2D eigenvalue weighted by atomic mass is 10.0. The third kappa shape index (κ3) is 46.0. The van der Waals surface area contributed by atoms with Crippen LogP contribution in [-0.4, -0.2) is 43.3 Å². The van der Waals surface area contributed by atoms with Gasteiger partial charge >= 0.3 is 13.8 Å². The molecule has 0 rings (SSSR count). The molecule has 2 atom stereocenters. The summed E-state index contributed by atoms with van der Waals surface area (Å²) in [5, 5.41) is 0. The number of ether oxygens (including phenoxy) is 2. The highest BCUT2D eigenvalue weighted by Gasteiger charge is 2.25. The molecule has 0 aliphatic carbocycles. The van der Waals surface area contributed by atoms with Crippen LogP contribution in [0.2, 0.25) is 0 Å². The van der Waals surface area contributed by atoms with Crippen LogP contribution in [0.5, 0.6) is 0 Å². The van der Waals surface area contributed by atoms with Gasteiger partial charge in [0.2, 0.25) is 0 Å². The Morgan fingerprint density at radius 1 is 0.526 bits per heavy atom. The molecule has 3 N–H and O–H groups in total. The van der Waals surface area contributed by atoms with Gasteiger partial charge in [-0.1, -0.05) is 232 Å². The van der Waals surface area contributed by atoms with E-state index < -0.39 is 13.9 Å². The van der Waals surface area contributed by atoms with Gasteiger partial charge in [0.1, 0.15) is 6.61 Å². The highest BCUT2D eigenvalue weighted by atomic mass is 31.2. The number of carbonyl (C=O) groups is 1. The van der Waals surface area contributed by atoms with Gasteiger partial charge in [0, 0.05) is 13.0 Å². The number of carbonyl (C=O) groups excluding carboxylic acids is 1.